The Morgan fingerprint density at radius 1 is 1.35 bits per heavy atom. The first-order valence-corrected chi connectivity index (χ1v) is 6.65. The average Bonchev–Trinajstić information content (AvgIpc) is 2.66. The molecule has 0 saturated heterocycles. The molecule has 0 saturated carbocycles. The van der Waals surface area contributed by atoms with Crippen molar-refractivity contribution < 1.29 is 19.1 Å². The molecule has 0 aromatic heterocycles. The van der Waals surface area contributed by atoms with Crippen molar-refractivity contribution >= 4 is 23.4 Å². The van der Waals surface area contributed by atoms with Crippen LogP contribution < -0.4 is 9.47 Å². The number of ether oxygens (including phenoxy) is 2. The van der Waals surface area contributed by atoms with Crippen molar-refractivity contribution in [3.05, 3.63) is 34.6 Å². The van der Waals surface area contributed by atoms with Gasteiger partial charge in [0.1, 0.15) is 16.9 Å². The highest BCUT2D eigenvalue weighted by atomic mass is 35.5. The van der Waals surface area contributed by atoms with Gasteiger partial charge in [-0.2, -0.15) is 0 Å². The van der Waals surface area contributed by atoms with Gasteiger partial charge in [0.25, 0.3) is 0 Å². The summed E-state index contributed by atoms with van der Waals surface area (Å²) in [4.78, 5) is 23.7. The molecule has 0 bridgehead atoms. The molecule has 1 aromatic carbocycles. The van der Waals surface area contributed by atoms with Gasteiger partial charge in [-0.3, -0.25) is 9.59 Å². The lowest BCUT2D eigenvalue weighted by molar-refractivity contribution is -0.133. The van der Waals surface area contributed by atoms with Crippen molar-refractivity contribution in [3.63, 3.8) is 0 Å². The Hall–Kier alpha value is -1.81. The number of carbonyl (C=O) groups excluding carboxylic acids is 2. The molecular weight excluding hydrogens is 280 g/mol. The van der Waals surface area contributed by atoms with E-state index in [0.29, 0.717) is 28.4 Å². The molecule has 0 amide bonds. The van der Waals surface area contributed by atoms with Gasteiger partial charge in [0, 0.05) is 6.07 Å². The number of ketones is 1. The third-order valence-electron chi connectivity index (χ3n) is 2.92. The lowest BCUT2D eigenvalue weighted by atomic mass is 10.0. The number of allylic oxidation sites excluding steroid dienone is 2. The summed E-state index contributed by atoms with van der Waals surface area (Å²) < 4.78 is 10.7. The Balaban J connectivity index is 2.40. The molecule has 0 fully saturated rings. The van der Waals surface area contributed by atoms with Crippen molar-refractivity contribution in [2.75, 3.05) is 0 Å². The highest BCUT2D eigenvalue weighted by Gasteiger charge is 2.31. The van der Waals surface area contributed by atoms with Gasteiger partial charge < -0.3 is 9.47 Å². The molecule has 1 unspecified atom stereocenters. The van der Waals surface area contributed by atoms with Gasteiger partial charge in [-0.25, -0.2) is 0 Å². The molecule has 0 radical (unpaired) electrons. The lowest BCUT2D eigenvalue weighted by Gasteiger charge is -2.08. The smallest absolute Gasteiger partial charge is 0.329 e. The number of carbonyl (C=O) groups is 2. The minimum absolute atomic E-state index is 0.138. The Morgan fingerprint density at radius 3 is 2.55 bits per heavy atom. The summed E-state index contributed by atoms with van der Waals surface area (Å²) in [7, 11) is 0. The van der Waals surface area contributed by atoms with Crippen molar-refractivity contribution in [1.29, 1.82) is 0 Å². The standard InChI is InChI=1S/C15H15ClO4/c1-7(2)14-13(17)12-8(3)5-10(6-11(12)20-14)19-15(18)9(4)16/h5-6,9H,1-4H3. The molecule has 1 aliphatic heterocycles. The topological polar surface area (TPSA) is 52.6 Å². The van der Waals surface area contributed by atoms with E-state index in [1.54, 1.807) is 13.0 Å². The number of Topliss-reactive ketones (excluding diaryl/α,β-unsaturated/α-hetero) is 1. The van der Waals surface area contributed by atoms with E-state index in [1.165, 1.54) is 13.0 Å². The summed E-state index contributed by atoms with van der Waals surface area (Å²) in [5.41, 5.74) is 2.02. The fourth-order valence-electron chi connectivity index (χ4n) is 1.95. The van der Waals surface area contributed by atoms with Gasteiger partial charge in [-0.15, -0.1) is 11.6 Å². The number of benzene rings is 1. The van der Waals surface area contributed by atoms with Crippen molar-refractivity contribution in [2.24, 2.45) is 0 Å². The molecule has 106 valence electrons. The molecule has 4 nitrogen and oxygen atoms in total. The summed E-state index contributed by atoms with van der Waals surface area (Å²) in [6.45, 7) is 6.93. The van der Waals surface area contributed by atoms with E-state index in [1.807, 2.05) is 13.8 Å². The molecule has 1 heterocycles. The first kappa shape index (κ1) is 14.6. The number of esters is 1. The monoisotopic (exact) mass is 294 g/mol. The third-order valence-corrected chi connectivity index (χ3v) is 3.09. The van der Waals surface area contributed by atoms with E-state index >= 15 is 0 Å². The maximum Gasteiger partial charge on any atom is 0.329 e. The summed E-state index contributed by atoms with van der Waals surface area (Å²) in [6, 6.07) is 3.17. The molecule has 1 aromatic rings. The zero-order valence-corrected chi connectivity index (χ0v) is 12.5. The second-order valence-corrected chi connectivity index (χ2v) is 5.57. The van der Waals surface area contributed by atoms with Gasteiger partial charge in [-0.05, 0) is 44.9 Å². The number of fused-ring (bicyclic) bond motifs is 1. The molecule has 20 heavy (non-hydrogen) atoms. The molecule has 0 aliphatic carbocycles. The molecule has 1 atom stereocenters. The van der Waals surface area contributed by atoms with Crippen LogP contribution in [0.1, 0.15) is 36.7 Å². The SMILES string of the molecule is CC(C)=C1Oc2cc(OC(=O)C(C)Cl)cc(C)c2C1=O. The van der Waals surface area contributed by atoms with Crippen molar-refractivity contribution in [1.82, 2.24) is 0 Å². The Bertz CT molecular complexity index is 625. The van der Waals surface area contributed by atoms with Crippen LogP contribution in [0, 0.1) is 6.92 Å². The zero-order chi connectivity index (χ0) is 15.0. The highest BCUT2D eigenvalue weighted by Crippen LogP contribution is 2.37. The van der Waals surface area contributed by atoms with E-state index in [0.717, 1.165) is 5.57 Å². The molecule has 5 heteroatoms. The second kappa shape index (κ2) is 5.29. The molecular formula is C15H15ClO4. The van der Waals surface area contributed by atoms with E-state index in [-0.39, 0.29) is 5.78 Å². The van der Waals surface area contributed by atoms with Crippen LogP contribution in [0.15, 0.2) is 23.5 Å². The summed E-state index contributed by atoms with van der Waals surface area (Å²) >= 11 is 5.66. The number of hydrogen-bond donors (Lipinski definition) is 0. The number of aryl methyl sites for hydroxylation is 1. The summed E-state index contributed by atoms with van der Waals surface area (Å²) in [6.07, 6.45) is 0. The number of hydrogen-bond acceptors (Lipinski definition) is 4. The fourth-order valence-corrected chi connectivity index (χ4v) is 1.99. The molecule has 2 rings (SSSR count). The largest absolute Gasteiger partial charge is 0.452 e. The summed E-state index contributed by atoms with van der Waals surface area (Å²) in [5, 5.41) is -0.737. The van der Waals surface area contributed by atoms with Crippen LogP contribution >= 0.6 is 11.6 Å². The Kier molecular flexibility index (Phi) is 3.86. The number of rotatable bonds is 2. The van der Waals surface area contributed by atoms with E-state index < -0.39 is 11.3 Å². The van der Waals surface area contributed by atoms with E-state index in [4.69, 9.17) is 21.1 Å². The Labute approximate surface area is 122 Å². The molecule has 0 spiro atoms. The number of halogens is 1. The highest BCUT2D eigenvalue weighted by molar-refractivity contribution is 6.29. The third kappa shape index (κ3) is 2.56. The first-order chi connectivity index (χ1) is 9.31. The molecule has 0 N–H and O–H groups in total. The second-order valence-electron chi connectivity index (χ2n) is 4.91. The number of alkyl halides is 1. The van der Waals surface area contributed by atoms with Gasteiger partial charge in [0.15, 0.2) is 5.76 Å². The maximum atomic E-state index is 12.2. The van der Waals surface area contributed by atoms with Gasteiger partial charge >= 0.3 is 5.97 Å². The summed E-state index contributed by atoms with van der Waals surface area (Å²) in [5.74, 6) is 0.383. The predicted octanol–water partition coefficient (Wildman–Crippen LogP) is 3.40. The van der Waals surface area contributed by atoms with Crippen LogP contribution in [-0.4, -0.2) is 17.1 Å². The minimum atomic E-state index is -0.737. The van der Waals surface area contributed by atoms with Crippen molar-refractivity contribution in [3.8, 4) is 11.5 Å². The van der Waals surface area contributed by atoms with Gasteiger partial charge in [-0.1, -0.05) is 0 Å². The van der Waals surface area contributed by atoms with Crippen LogP contribution in [-0.2, 0) is 4.79 Å². The lowest BCUT2D eigenvalue weighted by Crippen LogP contribution is -2.17. The molecule has 1 aliphatic rings. The maximum absolute atomic E-state index is 12.2. The van der Waals surface area contributed by atoms with Crippen molar-refractivity contribution in [2.45, 2.75) is 33.1 Å². The Morgan fingerprint density at radius 2 is 2.00 bits per heavy atom. The van der Waals surface area contributed by atoms with Crippen LogP contribution in [0.3, 0.4) is 0 Å². The van der Waals surface area contributed by atoms with Crippen LogP contribution in [0.2, 0.25) is 0 Å². The van der Waals surface area contributed by atoms with Crippen LogP contribution in [0.5, 0.6) is 11.5 Å². The normalized spacial score (nSPS) is 14.7. The minimum Gasteiger partial charge on any atom is -0.452 e. The van der Waals surface area contributed by atoms with Crippen LogP contribution in [0.4, 0.5) is 0 Å². The quantitative estimate of drug-likeness (QED) is 0.363. The predicted molar refractivity (Wildman–Crippen MR) is 75.5 cm³/mol. The average molecular weight is 295 g/mol. The zero-order valence-electron chi connectivity index (χ0n) is 11.7. The van der Waals surface area contributed by atoms with E-state index in [9.17, 15) is 9.59 Å². The van der Waals surface area contributed by atoms with E-state index in [2.05, 4.69) is 0 Å². The fraction of sp³-hybridized carbons (Fsp3) is 0.333. The first-order valence-electron chi connectivity index (χ1n) is 6.21. The van der Waals surface area contributed by atoms with Gasteiger partial charge in [0.05, 0.1) is 5.56 Å². The van der Waals surface area contributed by atoms with Gasteiger partial charge in [0.2, 0.25) is 5.78 Å². The van der Waals surface area contributed by atoms with Crippen LogP contribution in [0.25, 0.3) is 0 Å².